The number of anilines is 1. The van der Waals surface area contributed by atoms with Crippen molar-refractivity contribution in [2.24, 2.45) is 24.6 Å². The van der Waals surface area contributed by atoms with Crippen molar-refractivity contribution in [3.8, 4) is 23.3 Å². The molecule has 0 spiro atoms. The molecule has 0 radical (unpaired) electrons. The number of benzene rings is 2. The van der Waals surface area contributed by atoms with E-state index in [2.05, 4.69) is 36.1 Å². The number of nitrogens with two attached hydrogens (primary N) is 1. The number of piperidine rings is 1. The molecule has 3 atom stereocenters. The number of carbonyl (C=O) groups is 1. The van der Waals surface area contributed by atoms with Gasteiger partial charge in [0.2, 0.25) is 0 Å². The van der Waals surface area contributed by atoms with E-state index in [1.54, 1.807) is 13.3 Å². The Balaban J connectivity index is 1.20. The second kappa shape index (κ2) is 10.5. The number of hydrogen-bond donors (Lipinski definition) is 1. The van der Waals surface area contributed by atoms with Gasteiger partial charge in [-0.2, -0.15) is 5.26 Å². The van der Waals surface area contributed by atoms with Crippen LogP contribution in [0.25, 0.3) is 33.5 Å². The summed E-state index contributed by atoms with van der Waals surface area (Å²) >= 11 is 6.35. The van der Waals surface area contributed by atoms with Crippen LogP contribution in [0, 0.1) is 23.2 Å². The van der Waals surface area contributed by atoms with Crippen LogP contribution >= 0.6 is 11.6 Å². The van der Waals surface area contributed by atoms with Gasteiger partial charge in [-0.1, -0.05) is 11.6 Å². The number of nitriles is 1. The first-order valence-corrected chi connectivity index (χ1v) is 15.6. The van der Waals surface area contributed by atoms with Gasteiger partial charge >= 0.3 is 0 Å². The van der Waals surface area contributed by atoms with Gasteiger partial charge in [0, 0.05) is 72.7 Å². The maximum Gasteiger partial charge on any atom is 0.254 e. The van der Waals surface area contributed by atoms with Crippen molar-refractivity contribution in [2.45, 2.75) is 31.5 Å². The predicted octanol–water partition coefficient (Wildman–Crippen LogP) is 4.22. The highest BCUT2D eigenvalue weighted by molar-refractivity contribution is 6.31. The third-order valence-electron chi connectivity index (χ3n) is 9.88. The van der Waals surface area contributed by atoms with Crippen molar-refractivity contribution in [1.82, 2.24) is 29.0 Å². The van der Waals surface area contributed by atoms with Gasteiger partial charge in [-0.05, 0) is 55.2 Å². The summed E-state index contributed by atoms with van der Waals surface area (Å²) in [5.74, 6) is 2.71. The van der Waals surface area contributed by atoms with Gasteiger partial charge in [0.1, 0.15) is 23.2 Å². The average molecular weight is 622 g/mol. The number of amides is 1. The molecule has 12 heteroatoms. The molecule has 3 aromatic heterocycles. The molecule has 5 aromatic rings. The molecule has 228 valence electrons. The number of aryl methyl sites for hydroxylation is 1. The zero-order valence-corrected chi connectivity index (χ0v) is 25.8. The highest BCUT2D eigenvalue weighted by Gasteiger charge is 2.47. The SMILES string of the molecule is COc1cc(C(=O)N2C[C@H]3CC[C@@H]2[C@@H]3N)cc2nc(-c3cc4cc(Cl)ccc4n3C)n(CC3CN(c4cncc(C#N)n4)C3)c12. The Labute approximate surface area is 264 Å². The van der Waals surface area contributed by atoms with Crippen LogP contribution < -0.4 is 15.4 Å². The van der Waals surface area contributed by atoms with E-state index in [1.807, 2.05) is 42.3 Å². The van der Waals surface area contributed by atoms with E-state index in [1.165, 1.54) is 6.20 Å². The van der Waals surface area contributed by atoms with Gasteiger partial charge in [0.25, 0.3) is 5.91 Å². The minimum Gasteiger partial charge on any atom is -0.494 e. The Morgan fingerprint density at radius 3 is 2.71 bits per heavy atom. The number of aromatic nitrogens is 5. The molecular weight excluding hydrogens is 590 g/mol. The van der Waals surface area contributed by atoms with Crippen molar-refractivity contribution < 1.29 is 9.53 Å². The van der Waals surface area contributed by atoms with E-state index in [9.17, 15) is 10.1 Å². The Kier molecular flexibility index (Phi) is 6.48. The lowest BCUT2D eigenvalue weighted by Gasteiger charge is -2.40. The molecule has 2 bridgehead atoms. The van der Waals surface area contributed by atoms with Gasteiger partial charge in [-0.3, -0.25) is 9.78 Å². The van der Waals surface area contributed by atoms with Crippen molar-refractivity contribution in [1.29, 1.82) is 5.26 Å². The Morgan fingerprint density at radius 1 is 1.13 bits per heavy atom. The number of fused-ring (bicyclic) bond motifs is 4. The monoisotopic (exact) mass is 621 g/mol. The third-order valence-corrected chi connectivity index (χ3v) is 10.1. The quantitative estimate of drug-likeness (QED) is 0.298. The number of halogens is 1. The second-order valence-corrected chi connectivity index (χ2v) is 12.9. The van der Waals surface area contributed by atoms with E-state index >= 15 is 0 Å². The van der Waals surface area contributed by atoms with Crippen LogP contribution in [0.4, 0.5) is 5.82 Å². The maximum atomic E-state index is 13.8. The molecule has 45 heavy (non-hydrogen) atoms. The molecule has 1 amide bonds. The summed E-state index contributed by atoms with van der Waals surface area (Å²) in [6.07, 6.45) is 5.19. The number of hydrogen-bond acceptors (Lipinski definition) is 8. The van der Waals surface area contributed by atoms with Gasteiger partial charge in [-0.15, -0.1) is 0 Å². The number of nitrogens with zero attached hydrogens (tertiary/aromatic N) is 8. The number of methoxy groups -OCH3 is 1. The van der Waals surface area contributed by atoms with Crippen molar-refractivity contribution in [3.63, 3.8) is 0 Å². The number of carbonyl (C=O) groups excluding carboxylic acids is 1. The van der Waals surface area contributed by atoms with E-state index in [-0.39, 0.29) is 23.9 Å². The highest BCUT2D eigenvalue weighted by Crippen LogP contribution is 2.40. The topological polar surface area (TPSA) is 131 Å². The van der Waals surface area contributed by atoms with Gasteiger partial charge < -0.3 is 29.4 Å². The van der Waals surface area contributed by atoms with E-state index in [0.29, 0.717) is 52.4 Å². The molecule has 2 saturated heterocycles. The molecule has 0 unspecified atom stereocenters. The van der Waals surface area contributed by atoms with E-state index < -0.39 is 0 Å². The molecule has 2 N–H and O–H groups in total. The van der Waals surface area contributed by atoms with Crippen LogP contribution in [0.1, 0.15) is 28.9 Å². The first-order valence-electron chi connectivity index (χ1n) is 15.2. The van der Waals surface area contributed by atoms with Crippen molar-refractivity contribution >= 4 is 45.3 Å². The summed E-state index contributed by atoms with van der Waals surface area (Å²) < 4.78 is 10.3. The van der Waals surface area contributed by atoms with Gasteiger partial charge in [0.15, 0.2) is 11.5 Å². The van der Waals surface area contributed by atoms with Crippen LogP contribution in [0.15, 0.2) is 48.8 Å². The fourth-order valence-electron chi connectivity index (χ4n) is 7.56. The van der Waals surface area contributed by atoms with Crippen molar-refractivity contribution in [3.05, 3.63) is 65.1 Å². The number of rotatable bonds is 6. The Bertz CT molecular complexity index is 2040. The van der Waals surface area contributed by atoms with Crippen LogP contribution in [-0.4, -0.2) is 73.7 Å². The first-order chi connectivity index (χ1) is 21.8. The molecule has 2 aromatic carbocycles. The fourth-order valence-corrected chi connectivity index (χ4v) is 7.74. The Morgan fingerprint density at radius 2 is 1.98 bits per heavy atom. The fraction of sp³-hybridized carbons (Fsp3) is 0.364. The molecule has 1 aliphatic carbocycles. The second-order valence-electron chi connectivity index (χ2n) is 12.5. The summed E-state index contributed by atoms with van der Waals surface area (Å²) in [5.41, 5.74) is 10.8. The zero-order chi connectivity index (χ0) is 31.0. The summed E-state index contributed by atoms with van der Waals surface area (Å²) in [5, 5.41) is 11.0. The smallest absolute Gasteiger partial charge is 0.254 e. The molecular formula is C33H32ClN9O2. The van der Waals surface area contributed by atoms with Crippen LogP contribution in [0.5, 0.6) is 5.75 Å². The van der Waals surface area contributed by atoms with E-state index in [4.69, 9.17) is 27.1 Å². The lowest BCUT2D eigenvalue weighted by Crippen LogP contribution is -2.49. The highest BCUT2D eigenvalue weighted by atomic mass is 35.5. The van der Waals surface area contributed by atoms with Gasteiger partial charge in [-0.25, -0.2) is 9.97 Å². The number of imidazole rings is 1. The maximum absolute atomic E-state index is 13.8. The lowest BCUT2D eigenvalue weighted by atomic mass is 10.00. The molecule has 3 fully saturated rings. The standard InChI is InChI=1S/C33H32ClN9O2/c1-40-25-6-4-22(34)7-20(25)9-27(40)32-39-24-8-21(33(44)42-17-19-3-5-26(42)30(19)36)10-28(45-2)31(24)43(32)16-18-14-41(15-18)29-13-37-12-23(11-35)38-29/h4,6-10,12-13,18-19,26,30H,3,5,14-17,36H2,1-2H3/t19-,26-,30-/m1/s1. The molecule has 3 aliphatic rings. The minimum atomic E-state index is -0.0245. The number of likely N-dealkylation sites (tertiary alicyclic amines) is 1. The van der Waals surface area contributed by atoms with E-state index in [0.717, 1.165) is 53.9 Å². The van der Waals surface area contributed by atoms with Crippen LogP contribution in [0.3, 0.4) is 0 Å². The predicted molar refractivity (Wildman–Crippen MR) is 171 cm³/mol. The minimum absolute atomic E-state index is 0.0245. The first kappa shape index (κ1) is 27.9. The summed E-state index contributed by atoms with van der Waals surface area (Å²) in [7, 11) is 3.66. The normalized spacial score (nSPS) is 21.1. The molecule has 2 aliphatic heterocycles. The van der Waals surface area contributed by atoms with Gasteiger partial charge in [0.05, 0.1) is 30.7 Å². The van der Waals surface area contributed by atoms with Crippen LogP contribution in [0.2, 0.25) is 5.02 Å². The molecule has 5 heterocycles. The summed E-state index contributed by atoms with van der Waals surface area (Å²) in [4.78, 5) is 31.7. The lowest BCUT2D eigenvalue weighted by molar-refractivity contribution is 0.0700. The number of ether oxygens (including phenoxy) is 1. The molecule has 11 nitrogen and oxygen atoms in total. The van der Waals surface area contributed by atoms with Crippen LogP contribution in [-0.2, 0) is 13.6 Å². The zero-order valence-electron chi connectivity index (χ0n) is 25.0. The average Bonchev–Trinajstić information content (AvgIpc) is 3.77. The molecule has 1 saturated carbocycles. The third kappa shape index (κ3) is 4.42. The summed E-state index contributed by atoms with van der Waals surface area (Å²) in [6.45, 7) is 2.88. The largest absolute Gasteiger partial charge is 0.494 e. The Hall–Kier alpha value is -4.66. The molecule has 8 rings (SSSR count). The summed E-state index contributed by atoms with van der Waals surface area (Å²) in [6, 6.07) is 13.9. The van der Waals surface area contributed by atoms with Crippen molar-refractivity contribution in [2.75, 3.05) is 31.6 Å².